The summed E-state index contributed by atoms with van der Waals surface area (Å²) in [5.41, 5.74) is 2.32. The number of esters is 2. The van der Waals surface area contributed by atoms with Crippen molar-refractivity contribution in [1.29, 1.82) is 0 Å². The van der Waals surface area contributed by atoms with Gasteiger partial charge in [0.1, 0.15) is 11.7 Å². The number of aromatic nitrogens is 1. The van der Waals surface area contributed by atoms with Crippen LogP contribution in [0, 0.1) is 0 Å². The van der Waals surface area contributed by atoms with Gasteiger partial charge in [-0.1, -0.05) is 24.3 Å². The van der Waals surface area contributed by atoms with Gasteiger partial charge in [-0.3, -0.25) is 9.59 Å². The molecule has 0 spiro atoms. The quantitative estimate of drug-likeness (QED) is 0.619. The van der Waals surface area contributed by atoms with Gasteiger partial charge in [-0.15, -0.1) is 0 Å². The van der Waals surface area contributed by atoms with Gasteiger partial charge in [0, 0.05) is 24.7 Å². The molecule has 1 aromatic heterocycles. The number of nitrogens with one attached hydrogen (secondary N) is 1. The number of nitrogens with zero attached hydrogens (tertiary/aromatic N) is 1. The largest absolute Gasteiger partial charge is 0.467 e. The maximum Gasteiger partial charge on any atom is 0.355 e. The number of carbonyl (C=O) groups is 4. The molecule has 1 aliphatic rings. The molecule has 2 heterocycles. The first kappa shape index (κ1) is 19.3. The zero-order valence-electron chi connectivity index (χ0n) is 15.6. The molecule has 0 saturated carbocycles. The molecular weight excluding hydrogens is 364 g/mol. The molecule has 3 rings (SSSR count). The first-order valence-corrected chi connectivity index (χ1v) is 8.71. The van der Waals surface area contributed by atoms with Crippen molar-refractivity contribution in [2.24, 2.45) is 0 Å². The summed E-state index contributed by atoms with van der Waals surface area (Å²) in [5.74, 6) is -1.98. The van der Waals surface area contributed by atoms with Gasteiger partial charge in [-0.2, -0.15) is 0 Å². The van der Waals surface area contributed by atoms with Crippen LogP contribution in [0.3, 0.4) is 0 Å². The Hall–Kier alpha value is -3.42. The molecule has 1 aromatic carbocycles. The fourth-order valence-corrected chi connectivity index (χ4v) is 3.14. The second-order valence-corrected chi connectivity index (χ2v) is 6.47. The number of carbonyl (C=O) groups excluding carboxylic acids is 4. The van der Waals surface area contributed by atoms with E-state index in [1.54, 1.807) is 0 Å². The minimum absolute atomic E-state index is 0.0755. The monoisotopic (exact) mass is 384 g/mol. The third-order valence-electron chi connectivity index (χ3n) is 4.68. The van der Waals surface area contributed by atoms with E-state index in [0.717, 1.165) is 11.1 Å². The summed E-state index contributed by atoms with van der Waals surface area (Å²) in [7, 11) is 1.27. The number of amides is 1. The molecule has 0 saturated heterocycles. The van der Waals surface area contributed by atoms with Gasteiger partial charge in [0.05, 0.1) is 7.11 Å². The van der Waals surface area contributed by atoms with E-state index in [9.17, 15) is 19.2 Å². The van der Waals surface area contributed by atoms with Crippen LogP contribution in [-0.2, 0) is 32.0 Å². The summed E-state index contributed by atoms with van der Waals surface area (Å²) < 4.78 is 9.89. The summed E-state index contributed by atoms with van der Waals surface area (Å²) in [6.07, 6.45) is 1.73. The van der Waals surface area contributed by atoms with Crippen LogP contribution in [0.25, 0.3) is 0 Å². The first-order chi connectivity index (χ1) is 13.4. The van der Waals surface area contributed by atoms with E-state index in [1.807, 2.05) is 24.3 Å². The van der Waals surface area contributed by atoms with E-state index in [-0.39, 0.29) is 18.0 Å². The number of rotatable bonds is 5. The van der Waals surface area contributed by atoms with E-state index < -0.39 is 30.5 Å². The number of aromatic amines is 1. The van der Waals surface area contributed by atoms with Crippen LogP contribution in [0.4, 0.5) is 0 Å². The predicted octanol–water partition coefficient (Wildman–Crippen LogP) is 1.50. The lowest BCUT2D eigenvalue weighted by Crippen LogP contribution is -2.50. The van der Waals surface area contributed by atoms with E-state index >= 15 is 0 Å². The molecule has 0 radical (unpaired) electrons. The highest BCUT2D eigenvalue weighted by Crippen LogP contribution is 2.24. The first-order valence-electron chi connectivity index (χ1n) is 8.71. The lowest BCUT2D eigenvalue weighted by atomic mass is 9.94. The second-order valence-electron chi connectivity index (χ2n) is 6.47. The van der Waals surface area contributed by atoms with Crippen LogP contribution >= 0.6 is 0 Å². The van der Waals surface area contributed by atoms with Crippen molar-refractivity contribution in [2.45, 2.75) is 25.9 Å². The van der Waals surface area contributed by atoms with Crippen LogP contribution < -0.4 is 0 Å². The van der Waals surface area contributed by atoms with Gasteiger partial charge in [-0.05, 0) is 24.1 Å². The molecule has 1 amide bonds. The van der Waals surface area contributed by atoms with Gasteiger partial charge >= 0.3 is 11.9 Å². The molecule has 2 aromatic rings. The number of hydrogen-bond donors (Lipinski definition) is 1. The summed E-state index contributed by atoms with van der Waals surface area (Å²) in [5, 5.41) is 0. The molecule has 8 nitrogen and oxygen atoms in total. The van der Waals surface area contributed by atoms with Crippen LogP contribution in [0.2, 0.25) is 0 Å². The fraction of sp³-hybridized carbons (Fsp3) is 0.300. The third-order valence-corrected chi connectivity index (χ3v) is 4.68. The zero-order chi connectivity index (χ0) is 20.3. The number of ketones is 1. The normalized spacial score (nSPS) is 15.5. The Kier molecular flexibility index (Phi) is 5.58. The molecule has 1 atom stereocenters. The van der Waals surface area contributed by atoms with Crippen LogP contribution in [0.15, 0.2) is 36.5 Å². The SMILES string of the molecule is COC(=O)[C@@H]1Cc2ccccc2CN1C(=O)COC(=O)c1cc(C(C)=O)c[nH]1. The highest BCUT2D eigenvalue weighted by molar-refractivity contribution is 5.98. The Morgan fingerprint density at radius 1 is 1.18 bits per heavy atom. The molecule has 8 heteroatoms. The molecular formula is C20H20N2O6. The molecule has 0 unspecified atom stereocenters. The van der Waals surface area contributed by atoms with Crippen molar-refractivity contribution in [3.05, 3.63) is 58.9 Å². The average Bonchev–Trinajstić information content (AvgIpc) is 3.21. The van der Waals surface area contributed by atoms with Crippen LogP contribution in [-0.4, -0.2) is 53.3 Å². The molecule has 146 valence electrons. The van der Waals surface area contributed by atoms with Crippen molar-refractivity contribution in [1.82, 2.24) is 9.88 Å². The van der Waals surface area contributed by atoms with Gasteiger partial charge in [0.25, 0.3) is 5.91 Å². The van der Waals surface area contributed by atoms with E-state index in [2.05, 4.69) is 4.98 Å². The van der Waals surface area contributed by atoms with Crippen molar-refractivity contribution in [3.8, 4) is 0 Å². The highest BCUT2D eigenvalue weighted by atomic mass is 16.5. The highest BCUT2D eigenvalue weighted by Gasteiger charge is 2.35. The molecule has 0 fully saturated rings. The molecule has 28 heavy (non-hydrogen) atoms. The minimum Gasteiger partial charge on any atom is -0.467 e. The van der Waals surface area contributed by atoms with Gasteiger partial charge in [0.2, 0.25) is 0 Å². The number of hydrogen-bond acceptors (Lipinski definition) is 6. The molecule has 1 aliphatic heterocycles. The summed E-state index contributed by atoms with van der Waals surface area (Å²) in [6, 6.07) is 8.11. The van der Waals surface area contributed by atoms with E-state index in [1.165, 1.54) is 31.2 Å². The number of ether oxygens (including phenoxy) is 2. The van der Waals surface area contributed by atoms with Gasteiger partial charge in [0.15, 0.2) is 12.4 Å². The summed E-state index contributed by atoms with van der Waals surface area (Å²) >= 11 is 0. The summed E-state index contributed by atoms with van der Waals surface area (Å²) in [4.78, 5) is 52.2. The van der Waals surface area contributed by atoms with Crippen molar-refractivity contribution < 1.29 is 28.7 Å². The summed E-state index contributed by atoms with van der Waals surface area (Å²) in [6.45, 7) is 1.08. The number of fused-ring (bicyclic) bond motifs is 1. The lowest BCUT2D eigenvalue weighted by molar-refractivity contribution is -0.155. The lowest BCUT2D eigenvalue weighted by Gasteiger charge is -2.35. The number of H-pyrrole nitrogens is 1. The number of methoxy groups -OCH3 is 1. The molecule has 1 N–H and O–H groups in total. The Morgan fingerprint density at radius 3 is 2.54 bits per heavy atom. The average molecular weight is 384 g/mol. The predicted molar refractivity (Wildman–Crippen MR) is 97.6 cm³/mol. The topological polar surface area (TPSA) is 106 Å². The van der Waals surface area contributed by atoms with Crippen molar-refractivity contribution in [3.63, 3.8) is 0 Å². The molecule has 0 aliphatic carbocycles. The number of benzene rings is 1. The number of Topliss-reactive ketones (excluding diaryl/α,β-unsaturated/α-hetero) is 1. The Morgan fingerprint density at radius 2 is 1.89 bits per heavy atom. The van der Waals surface area contributed by atoms with Gasteiger partial charge in [-0.25, -0.2) is 9.59 Å². The smallest absolute Gasteiger partial charge is 0.355 e. The van der Waals surface area contributed by atoms with E-state index in [0.29, 0.717) is 12.0 Å². The van der Waals surface area contributed by atoms with Crippen LogP contribution in [0.1, 0.15) is 38.9 Å². The maximum absolute atomic E-state index is 12.7. The third kappa shape index (κ3) is 3.95. The maximum atomic E-state index is 12.7. The minimum atomic E-state index is -0.777. The van der Waals surface area contributed by atoms with Crippen molar-refractivity contribution >= 4 is 23.6 Å². The standard InChI is InChI=1S/C20H20N2O6/c1-12(23)15-7-16(21-9-15)19(25)28-11-18(24)22-10-14-6-4-3-5-13(14)8-17(22)20(26)27-2/h3-7,9,17,21H,8,10-11H2,1-2H3/t17-/m0/s1. The second kappa shape index (κ2) is 8.08. The van der Waals surface area contributed by atoms with Crippen LogP contribution in [0.5, 0.6) is 0 Å². The zero-order valence-corrected chi connectivity index (χ0v) is 15.6. The van der Waals surface area contributed by atoms with Crippen molar-refractivity contribution in [2.75, 3.05) is 13.7 Å². The fourth-order valence-electron chi connectivity index (χ4n) is 3.14. The van der Waals surface area contributed by atoms with E-state index in [4.69, 9.17) is 9.47 Å². The Bertz CT molecular complexity index is 932. The Labute approximate surface area is 161 Å². The van der Waals surface area contributed by atoms with Gasteiger partial charge < -0.3 is 19.4 Å². The Balaban J connectivity index is 1.69. The molecule has 0 bridgehead atoms.